The average Bonchev–Trinajstić information content (AvgIpc) is 2.04. The molecule has 0 N–H and O–H groups in total. The molecule has 0 unspecified atom stereocenters. The summed E-state index contributed by atoms with van der Waals surface area (Å²) >= 11 is 0. The van der Waals surface area contributed by atoms with E-state index in [-0.39, 0.29) is 5.97 Å². The molecule has 0 fully saturated rings. The van der Waals surface area contributed by atoms with Crippen molar-refractivity contribution in [1.82, 2.24) is 0 Å². The topological polar surface area (TPSA) is 43.4 Å². The molecule has 0 aromatic rings. The van der Waals surface area contributed by atoms with Gasteiger partial charge in [-0.3, -0.25) is 9.59 Å². The number of hydrogen-bond acceptors (Lipinski definition) is 3. The highest BCUT2D eigenvalue weighted by Crippen LogP contribution is 1.97. The Balaban J connectivity index is 3.20. The predicted molar refractivity (Wildman–Crippen MR) is 41.1 cm³/mol. The Hall–Kier alpha value is -1.12. The fourth-order valence-electron chi connectivity index (χ4n) is 0.618. The van der Waals surface area contributed by atoms with Gasteiger partial charge in [-0.1, -0.05) is 6.08 Å². The van der Waals surface area contributed by atoms with Crippen LogP contribution in [0.1, 0.15) is 19.3 Å². The highest BCUT2D eigenvalue weighted by atomic mass is 16.5. The summed E-state index contributed by atoms with van der Waals surface area (Å²) < 4.78 is 4.42. The molecular formula is C8H12O3. The van der Waals surface area contributed by atoms with Gasteiger partial charge in [0.2, 0.25) is 0 Å². The summed E-state index contributed by atoms with van der Waals surface area (Å²) in [5, 5.41) is 0. The lowest BCUT2D eigenvalue weighted by atomic mass is 10.2. The summed E-state index contributed by atoms with van der Waals surface area (Å²) in [5.74, 6) is -0.204. The van der Waals surface area contributed by atoms with Gasteiger partial charge in [-0.25, -0.2) is 0 Å². The third kappa shape index (κ3) is 6.77. The van der Waals surface area contributed by atoms with Gasteiger partial charge in [-0.2, -0.15) is 0 Å². The second kappa shape index (κ2) is 6.99. The van der Waals surface area contributed by atoms with E-state index in [1.54, 1.807) is 6.08 Å². The van der Waals surface area contributed by atoms with E-state index in [0.717, 1.165) is 19.1 Å². The molecule has 0 atom stereocenters. The number of unbranched alkanes of at least 4 members (excludes halogenated alkanes) is 1. The van der Waals surface area contributed by atoms with E-state index >= 15 is 0 Å². The maximum Gasteiger partial charge on any atom is 0.305 e. The van der Waals surface area contributed by atoms with E-state index in [1.807, 2.05) is 0 Å². The molecule has 3 nitrogen and oxygen atoms in total. The van der Waals surface area contributed by atoms with E-state index in [0.29, 0.717) is 6.42 Å². The minimum absolute atomic E-state index is 0.204. The lowest BCUT2D eigenvalue weighted by Gasteiger charge is -1.94. The SMILES string of the molecule is COC(=O)CCC/C=C\C=O. The number of esters is 1. The molecule has 62 valence electrons. The highest BCUT2D eigenvalue weighted by Gasteiger charge is 1.96. The Morgan fingerprint density at radius 1 is 1.55 bits per heavy atom. The maximum absolute atomic E-state index is 10.5. The molecule has 0 aromatic carbocycles. The Bertz CT molecular complexity index is 149. The highest BCUT2D eigenvalue weighted by molar-refractivity contribution is 5.69. The molecule has 0 aliphatic heterocycles. The first-order valence-electron chi connectivity index (χ1n) is 3.48. The molecule has 0 aliphatic rings. The van der Waals surface area contributed by atoms with Gasteiger partial charge in [0.1, 0.15) is 6.29 Å². The standard InChI is InChI=1S/C8H12O3/c1-11-8(10)6-4-2-3-5-7-9/h3,5,7H,2,4,6H2,1H3/b5-3-. The van der Waals surface area contributed by atoms with Gasteiger partial charge >= 0.3 is 5.97 Å². The number of carbonyl (C=O) groups excluding carboxylic acids is 2. The van der Waals surface area contributed by atoms with Gasteiger partial charge in [-0.15, -0.1) is 0 Å². The smallest absolute Gasteiger partial charge is 0.305 e. The second-order valence-corrected chi connectivity index (χ2v) is 2.03. The first kappa shape index (κ1) is 9.88. The van der Waals surface area contributed by atoms with E-state index in [4.69, 9.17) is 0 Å². The first-order chi connectivity index (χ1) is 5.31. The molecule has 0 aliphatic carbocycles. The summed E-state index contributed by atoms with van der Waals surface area (Å²) in [6, 6.07) is 0. The number of rotatable bonds is 5. The van der Waals surface area contributed by atoms with Crippen LogP contribution in [-0.4, -0.2) is 19.4 Å². The van der Waals surface area contributed by atoms with Crippen molar-refractivity contribution in [2.75, 3.05) is 7.11 Å². The van der Waals surface area contributed by atoms with Crippen LogP contribution >= 0.6 is 0 Å². The molecule has 3 heteroatoms. The number of hydrogen-bond donors (Lipinski definition) is 0. The fourth-order valence-corrected chi connectivity index (χ4v) is 0.618. The van der Waals surface area contributed by atoms with Crippen molar-refractivity contribution in [2.24, 2.45) is 0 Å². The zero-order chi connectivity index (χ0) is 8.53. The third-order valence-corrected chi connectivity index (χ3v) is 1.19. The van der Waals surface area contributed by atoms with E-state index < -0.39 is 0 Å². The molecule has 11 heavy (non-hydrogen) atoms. The normalized spacial score (nSPS) is 9.91. The molecular weight excluding hydrogens is 144 g/mol. The van der Waals surface area contributed by atoms with Crippen LogP contribution < -0.4 is 0 Å². The van der Waals surface area contributed by atoms with E-state index in [9.17, 15) is 9.59 Å². The van der Waals surface area contributed by atoms with Crippen molar-refractivity contribution >= 4 is 12.3 Å². The lowest BCUT2D eigenvalue weighted by molar-refractivity contribution is -0.140. The Kier molecular flexibility index (Phi) is 6.28. The predicted octanol–water partition coefficient (Wildman–Crippen LogP) is 1.08. The Labute approximate surface area is 66.0 Å². The van der Waals surface area contributed by atoms with Crippen LogP contribution in [0.2, 0.25) is 0 Å². The van der Waals surface area contributed by atoms with E-state index in [2.05, 4.69) is 4.74 Å². The Morgan fingerprint density at radius 3 is 2.82 bits per heavy atom. The van der Waals surface area contributed by atoms with Crippen LogP contribution in [0.5, 0.6) is 0 Å². The molecule has 0 heterocycles. The van der Waals surface area contributed by atoms with Gasteiger partial charge in [0.15, 0.2) is 0 Å². The molecule has 0 saturated heterocycles. The molecule has 0 radical (unpaired) electrons. The number of methoxy groups -OCH3 is 1. The van der Waals surface area contributed by atoms with Crippen LogP contribution in [0.25, 0.3) is 0 Å². The summed E-state index contributed by atoms with van der Waals surface area (Å²) in [6.45, 7) is 0. The number of allylic oxidation sites excluding steroid dienone is 2. The molecule has 0 saturated carbocycles. The summed E-state index contributed by atoms with van der Waals surface area (Å²) in [4.78, 5) is 20.3. The molecule has 0 amide bonds. The van der Waals surface area contributed by atoms with Crippen molar-refractivity contribution in [3.8, 4) is 0 Å². The fraction of sp³-hybridized carbons (Fsp3) is 0.500. The van der Waals surface area contributed by atoms with Gasteiger partial charge < -0.3 is 4.74 Å². The van der Waals surface area contributed by atoms with Crippen molar-refractivity contribution < 1.29 is 14.3 Å². The molecule has 0 aromatic heterocycles. The molecule has 0 bridgehead atoms. The zero-order valence-corrected chi connectivity index (χ0v) is 6.58. The largest absolute Gasteiger partial charge is 0.469 e. The van der Waals surface area contributed by atoms with Crippen LogP contribution in [0.4, 0.5) is 0 Å². The van der Waals surface area contributed by atoms with Crippen molar-refractivity contribution in [3.63, 3.8) is 0 Å². The maximum atomic E-state index is 10.5. The first-order valence-corrected chi connectivity index (χ1v) is 3.48. The Morgan fingerprint density at radius 2 is 2.27 bits per heavy atom. The van der Waals surface area contributed by atoms with Crippen molar-refractivity contribution in [3.05, 3.63) is 12.2 Å². The van der Waals surface area contributed by atoms with Gasteiger partial charge in [-0.05, 0) is 18.9 Å². The van der Waals surface area contributed by atoms with Crippen molar-refractivity contribution in [1.29, 1.82) is 0 Å². The average molecular weight is 156 g/mol. The number of aldehydes is 1. The minimum Gasteiger partial charge on any atom is -0.469 e. The van der Waals surface area contributed by atoms with Crippen LogP contribution in [0.3, 0.4) is 0 Å². The van der Waals surface area contributed by atoms with Gasteiger partial charge in [0.25, 0.3) is 0 Å². The molecule has 0 rings (SSSR count). The minimum atomic E-state index is -0.204. The van der Waals surface area contributed by atoms with Crippen LogP contribution in [0, 0.1) is 0 Å². The molecule has 0 spiro atoms. The van der Waals surface area contributed by atoms with Crippen LogP contribution in [0.15, 0.2) is 12.2 Å². The summed E-state index contributed by atoms with van der Waals surface area (Å²) in [5.41, 5.74) is 0. The van der Waals surface area contributed by atoms with Gasteiger partial charge in [0, 0.05) is 6.42 Å². The number of carbonyl (C=O) groups is 2. The monoisotopic (exact) mass is 156 g/mol. The van der Waals surface area contributed by atoms with Gasteiger partial charge in [0.05, 0.1) is 7.11 Å². The quantitative estimate of drug-likeness (QED) is 0.259. The van der Waals surface area contributed by atoms with Crippen molar-refractivity contribution in [2.45, 2.75) is 19.3 Å². The third-order valence-electron chi connectivity index (χ3n) is 1.19. The van der Waals surface area contributed by atoms with E-state index in [1.165, 1.54) is 13.2 Å². The number of ether oxygens (including phenoxy) is 1. The lowest BCUT2D eigenvalue weighted by Crippen LogP contribution is -1.98. The zero-order valence-electron chi connectivity index (χ0n) is 6.58. The summed E-state index contributed by atoms with van der Waals surface area (Å²) in [6.07, 6.45) is 5.77. The summed E-state index contributed by atoms with van der Waals surface area (Å²) in [7, 11) is 1.36. The second-order valence-electron chi connectivity index (χ2n) is 2.03. The van der Waals surface area contributed by atoms with Crippen LogP contribution in [-0.2, 0) is 14.3 Å².